The molecule has 0 aliphatic carbocycles. The molecule has 1 N–H and O–H groups in total. The Hall–Kier alpha value is -3.28. The number of nitrogens with one attached hydrogen (secondary N) is 1. The predicted octanol–water partition coefficient (Wildman–Crippen LogP) is 3.84. The zero-order valence-electron chi connectivity index (χ0n) is 16.9. The summed E-state index contributed by atoms with van der Waals surface area (Å²) in [5, 5.41) is 3.73. The second kappa shape index (κ2) is 9.28. The summed E-state index contributed by atoms with van der Waals surface area (Å²) in [6, 6.07) is 14.3. The van der Waals surface area contributed by atoms with Gasteiger partial charge in [0.15, 0.2) is 6.10 Å². The maximum Gasteiger partial charge on any atom is 0.336 e. The fraction of sp³-hybridized carbons (Fsp3) is 0.304. The van der Waals surface area contributed by atoms with Crippen molar-refractivity contribution in [2.24, 2.45) is 0 Å². The molecule has 6 nitrogen and oxygen atoms in total. The van der Waals surface area contributed by atoms with Crippen LogP contribution in [-0.4, -0.2) is 19.1 Å². The van der Waals surface area contributed by atoms with E-state index < -0.39 is 6.10 Å². The van der Waals surface area contributed by atoms with Crippen molar-refractivity contribution >= 4 is 16.9 Å². The Balaban J connectivity index is 1.69. The number of fused-ring (bicyclic) bond motifs is 1. The number of amides is 1. The molecule has 0 fully saturated rings. The number of ether oxygens (including phenoxy) is 2. The summed E-state index contributed by atoms with van der Waals surface area (Å²) in [4.78, 5) is 24.2. The normalized spacial score (nSPS) is 11.8. The molecule has 1 amide bonds. The summed E-state index contributed by atoms with van der Waals surface area (Å²) in [5.74, 6) is 0.931. The number of carbonyl (C=O) groups excluding carboxylic acids is 1. The minimum Gasteiger partial charge on any atom is -0.496 e. The monoisotopic (exact) mass is 395 g/mol. The van der Waals surface area contributed by atoms with Gasteiger partial charge in [0.1, 0.15) is 17.1 Å². The van der Waals surface area contributed by atoms with E-state index in [1.807, 2.05) is 30.3 Å². The summed E-state index contributed by atoms with van der Waals surface area (Å²) in [6.45, 7) is 4.07. The molecule has 1 atom stereocenters. The van der Waals surface area contributed by atoms with E-state index in [1.54, 1.807) is 26.2 Å². The van der Waals surface area contributed by atoms with Crippen LogP contribution in [0.1, 0.15) is 31.4 Å². The molecular formula is C23H25NO5. The third kappa shape index (κ3) is 4.96. The number of carbonyl (C=O) groups is 1. The van der Waals surface area contributed by atoms with Gasteiger partial charge in [0.05, 0.1) is 7.11 Å². The van der Waals surface area contributed by atoms with Crippen LogP contribution in [0.15, 0.2) is 57.7 Å². The Morgan fingerprint density at radius 2 is 1.93 bits per heavy atom. The van der Waals surface area contributed by atoms with Crippen molar-refractivity contribution in [1.82, 2.24) is 5.32 Å². The Bertz CT molecular complexity index is 1060. The second-order valence-corrected chi connectivity index (χ2v) is 6.79. The van der Waals surface area contributed by atoms with E-state index in [9.17, 15) is 9.59 Å². The molecule has 1 heterocycles. The maximum atomic E-state index is 12.4. The lowest BCUT2D eigenvalue weighted by Crippen LogP contribution is -2.36. The van der Waals surface area contributed by atoms with Gasteiger partial charge < -0.3 is 19.2 Å². The quantitative estimate of drug-likeness (QED) is 0.587. The molecule has 0 spiro atoms. The highest BCUT2D eigenvalue weighted by molar-refractivity contribution is 5.83. The first-order chi connectivity index (χ1) is 14.0. The molecule has 0 aliphatic rings. The molecule has 3 aromatic rings. The van der Waals surface area contributed by atoms with E-state index in [-0.39, 0.29) is 11.5 Å². The van der Waals surface area contributed by atoms with E-state index in [1.165, 1.54) is 6.07 Å². The molecule has 0 saturated heterocycles. The minimum absolute atomic E-state index is 0.253. The number of rotatable bonds is 8. The summed E-state index contributed by atoms with van der Waals surface area (Å²) in [6.07, 6.45) is 1.01. The number of hydrogen-bond acceptors (Lipinski definition) is 5. The van der Waals surface area contributed by atoms with E-state index in [2.05, 4.69) is 12.2 Å². The van der Waals surface area contributed by atoms with Gasteiger partial charge in [0, 0.05) is 29.6 Å². The molecule has 29 heavy (non-hydrogen) atoms. The van der Waals surface area contributed by atoms with Crippen LogP contribution in [0, 0.1) is 0 Å². The maximum absolute atomic E-state index is 12.4. The molecule has 0 saturated carbocycles. The Labute approximate surface area is 169 Å². The molecule has 0 bridgehead atoms. The number of methoxy groups -OCH3 is 1. The molecule has 152 valence electrons. The van der Waals surface area contributed by atoms with Crippen molar-refractivity contribution in [3.05, 3.63) is 70.1 Å². The average molecular weight is 395 g/mol. The van der Waals surface area contributed by atoms with Gasteiger partial charge >= 0.3 is 5.63 Å². The first kappa shape index (κ1) is 20.5. The molecule has 0 aliphatic heterocycles. The summed E-state index contributed by atoms with van der Waals surface area (Å²) < 4.78 is 16.4. The highest BCUT2D eigenvalue weighted by Gasteiger charge is 2.16. The van der Waals surface area contributed by atoms with Crippen molar-refractivity contribution in [2.75, 3.05) is 7.11 Å². The van der Waals surface area contributed by atoms with Crippen LogP contribution in [0.4, 0.5) is 0 Å². The second-order valence-electron chi connectivity index (χ2n) is 6.79. The third-order valence-corrected chi connectivity index (χ3v) is 4.65. The highest BCUT2D eigenvalue weighted by Crippen LogP contribution is 2.24. The van der Waals surface area contributed by atoms with Gasteiger partial charge in [0.2, 0.25) is 0 Å². The largest absolute Gasteiger partial charge is 0.496 e. The van der Waals surface area contributed by atoms with Crippen LogP contribution >= 0.6 is 0 Å². The van der Waals surface area contributed by atoms with Gasteiger partial charge in [-0.2, -0.15) is 0 Å². The van der Waals surface area contributed by atoms with E-state index >= 15 is 0 Å². The van der Waals surface area contributed by atoms with Crippen LogP contribution in [0.25, 0.3) is 11.0 Å². The average Bonchev–Trinajstić information content (AvgIpc) is 2.72. The van der Waals surface area contributed by atoms with Crippen LogP contribution in [0.5, 0.6) is 11.5 Å². The van der Waals surface area contributed by atoms with Gasteiger partial charge in [-0.05, 0) is 37.1 Å². The molecule has 0 radical (unpaired) electrons. The lowest BCUT2D eigenvalue weighted by Gasteiger charge is -2.16. The van der Waals surface area contributed by atoms with Gasteiger partial charge in [-0.25, -0.2) is 4.79 Å². The van der Waals surface area contributed by atoms with Crippen molar-refractivity contribution in [1.29, 1.82) is 0 Å². The Morgan fingerprint density at radius 1 is 1.14 bits per heavy atom. The number of benzene rings is 2. The lowest BCUT2D eigenvalue weighted by molar-refractivity contribution is -0.127. The van der Waals surface area contributed by atoms with Crippen molar-refractivity contribution in [3.63, 3.8) is 0 Å². The number of hydrogen-bond donors (Lipinski definition) is 1. The first-order valence-corrected chi connectivity index (χ1v) is 9.65. The van der Waals surface area contributed by atoms with Crippen molar-refractivity contribution in [2.45, 2.75) is 39.3 Å². The van der Waals surface area contributed by atoms with Gasteiger partial charge in [-0.15, -0.1) is 0 Å². The van der Waals surface area contributed by atoms with Crippen LogP contribution in [-0.2, 0) is 17.8 Å². The molecule has 3 rings (SSSR count). The minimum atomic E-state index is -0.715. The first-order valence-electron chi connectivity index (χ1n) is 9.65. The SMILES string of the molecule is CCCc1cc(=O)oc2cc(OC(C)C(=O)NCc3ccccc3OC)ccc12. The summed E-state index contributed by atoms with van der Waals surface area (Å²) in [7, 11) is 1.59. The van der Waals surface area contributed by atoms with Crippen LogP contribution in [0.2, 0.25) is 0 Å². The topological polar surface area (TPSA) is 77.8 Å². The smallest absolute Gasteiger partial charge is 0.336 e. The third-order valence-electron chi connectivity index (χ3n) is 4.65. The van der Waals surface area contributed by atoms with Gasteiger partial charge in [-0.1, -0.05) is 31.5 Å². The zero-order valence-corrected chi connectivity index (χ0v) is 16.9. The molecule has 1 unspecified atom stereocenters. The van der Waals surface area contributed by atoms with E-state index in [4.69, 9.17) is 13.9 Å². The van der Waals surface area contributed by atoms with Gasteiger partial charge in [-0.3, -0.25) is 4.79 Å². The van der Waals surface area contributed by atoms with E-state index in [0.717, 1.165) is 29.4 Å². The Kier molecular flexibility index (Phi) is 6.54. The fourth-order valence-electron chi connectivity index (χ4n) is 3.19. The fourth-order valence-corrected chi connectivity index (χ4v) is 3.19. The molecular weight excluding hydrogens is 370 g/mol. The summed E-state index contributed by atoms with van der Waals surface area (Å²) >= 11 is 0. The van der Waals surface area contributed by atoms with Crippen LogP contribution in [0.3, 0.4) is 0 Å². The van der Waals surface area contributed by atoms with Crippen molar-refractivity contribution < 1.29 is 18.7 Å². The van der Waals surface area contributed by atoms with Crippen LogP contribution < -0.4 is 20.4 Å². The highest BCUT2D eigenvalue weighted by atomic mass is 16.5. The standard InChI is InChI=1S/C23H25NO5/c1-4-7-16-12-22(25)29-21-13-18(10-11-19(16)21)28-15(2)23(26)24-14-17-8-5-6-9-20(17)27-3/h5-6,8-13,15H,4,7,14H2,1-3H3,(H,24,26). The van der Waals surface area contributed by atoms with Gasteiger partial charge in [0.25, 0.3) is 5.91 Å². The predicted molar refractivity (Wildman–Crippen MR) is 111 cm³/mol. The van der Waals surface area contributed by atoms with Crippen molar-refractivity contribution in [3.8, 4) is 11.5 Å². The molecule has 6 heteroatoms. The molecule has 1 aromatic heterocycles. The van der Waals surface area contributed by atoms with E-state index in [0.29, 0.717) is 23.6 Å². The molecule has 2 aromatic carbocycles. The zero-order chi connectivity index (χ0) is 20.8. The number of aryl methyl sites for hydroxylation is 1. The lowest BCUT2D eigenvalue weighted by atomic mass is 10.1. The number of para-hydroxylation sites is 1. The Morgan fingerprint density at radius 3 is 2.69 bits per heavy atom. The summed E-state index contributed by atoms with van der Waals surface area (Å²) in [5.41, 5.74) is 1.90.